The Morgan fingerprint density at radius 3 is 2.68 bits per heavy atom. The van der Waals surface area contributed by atoms with Gasteiger partial charge in [-0.2, -0.15) is 0 Å². The zero-order chi connectivity index (χ0) is 15.5. The molecule has 0 atom stereocenters. The van der Waals surface area contributed by atoms with Crippen LogP contribution in [0.3, 0.4) is 0 Å². The largest absolute Gasteiger partial charge is 0.451 e. The second-order valence-electron chi connectivity index (χ2n) is 4.59. The molecule has 0 saturated heterocycles. The highest BCUT2D eigenvalue weighted by Gasteiger charge is 2.17. The number of ether oxygens (including phenoxy) is 1. The van der Waals surface area contributed by atoms with Crippen LogP contribution in [0.4, 0.5) is 0 Å². The van der Waals surface area contributed by atoms with Gasteiger partial charge in [0.2, 0.25) is 5.89 Å². The summed E-state index contributed by atoms with van der Waals surface area (Å²) in [6.07, 6.45) is 0. The maximum absolute atomic E-state index is 12.0. The minimum Gasteiger partial charge on any atom is -0.451 e. The molecule has 22 heavy (non-hydrogen) atoms. The Morgan fingerprint density at radius 2 is 2.00 bits per heavy atom. The van der Waals surface area contributed by atoms with Gasteiger partial charge >= 0.3 is 5.97 Å². The molecule has 0 fully saturated rings. The van der Waals surface area contributed by atoms with Crippen LogP contribution in [0.5, 0.6) is 0 Å². The molecule has 0 N–H and O–H groups in total. The van der Waals surface area contributed by atoms with E-state index in [1.165, 1.54) is 11.3 Å². The summed E-state index contributed by atoms with van der Waals surface area (Å²) in [5, 5.41) is 8.65. The molecule has 2 heterocycles. The van der Waals surface area contributed by atoms with Crippen LogP contribution >= 0.6 is 11.3 Å². The van der Waals surface area contributed by atoms with Gasteiger partial charge < -0.3 is 9.15 Å². The van der Waals surface area contributed by atoms with Gasteiger partial charge in [-0.25, -0.2) is 9.78 Å². The summed E-state index contributed by atoms with van der Waals surface area (Å²) in [5.41, 5.74) is 1.49. The maximum atomic E-state index is 12.0. The van der Waals surface area contributed by atoms with Gasteiger partial charge in [0.15, 0.2) is 6.61 Å². The Bertz CT molecular complexity index is 795. The van der Waals surface area contributed by atoms with Gasteiger partial charge in [0.1, 0.15) is 4.88 Å². The molecule has 0 aliphatic rings. The fourth-order valence-electron chi connectivity index (χ4n) is 1.92. The molecule has 7 heteroatoms. The molecule has 3 rings (SSSR count). The van der Waals surface area contributed by atoms with Gasteiger partial charge in [-0.1, -0.05) is 18.2 Å². The summed E-state index contributed by atoms with van der Waals surface area (Å²) in [6, 6.07) is 9.41. The van der Waals surface area contributed by atoms with E-state index in [-0.39, 0.29) is 12.5 Å². The van der Waals surface area contributed by atoms with Gasteiger partial charge in [-0.15, -0.1) is 21.5 Å². The third kappa shape index (κ3) is 3.04. The Hall–Kier alpha value is -2.54. The molecule has 2 aromatic heterocycles. The van der Waals surface area contributed by atoms with E-state index in [4.69, 9.17) is 9.15 Å². The number of benzene rings is 1. The first-order chi connectivity index (χ1) is 10.6. The number of esters is 1. The summed E-state index contributed by atoms with van der Waals surface area (Å²) in [4.78, 5) is 16.7. The van der Waals surface area contributed by atoms with Crippen LogP contribution in [0.25, 0.3) is 11.5 Å². The van der Waals surface area contributed by atoms with Crippen LogP contribution in [0, 0.1) is 13.8 Å². The molecule has 0 spiro atoms. The number of nitrogens with zero attached hydrogens (tertiary/aromatic N) is 3. The molecule has 0 bridgehead atoms. The minimum absolute atomic E-state index is 0.0605. The average molecular weight is 315 g/mol. The minimum atomic E-state index is -0.428. The lowest BCUT2D eigenvalue weighted by molar-refractivity contribution is 0.0443. The van der Waals surface area contributed by atoms with E-state index < -0.39 is 5.97 Å². The average Bonchev–Trinajstić information content (AvgIpc) is 3.12. The zero-order valence-corrected chi connectivity index (χ0v) is 12.9. The van der Waals surface area contributed by atoms with Crippen LogP contribution in [-0.4, -0.2) is 21.2 Å². The highest BCUT2D eigenvalue weighted by molar-refractivity contribution is 7.13. The van der Waals surface area contributed by atoms with Gasteiger partial charge in [0.25, 0.3) is 5.89 Å². The molecule has 0 unspecified atom stereocenters. The standard InChI is InChI=1S/C15H13N3O3S/c1-9-13(22-10(2)16-9)15(19)20-8-12-17-18-14(21-12)11-6-4-3-5-7-11/h3-7H,8H2,1-2H3. The highest BCUT2D eigenvalue weighted by Crippen LogP contribution is 2.20. The summed E-state index contributed by atoms with van der Waals surface area (Å²) in [7, 11) is 0. The van der Waals surface area contributed by atoms with Crippen molar-refractivity contribution in [1.82, 2.24) is 15.2 Å². The fourth-order valence-corrected chi connectivity index (χ4v) is 2.74. The van der Waals surface area contributed by atoms with E-state index in [1.807, 2.05) is 37.3 Å². The molecule has 3 aromatic rings. The lowest BCUT2D eigenvalue weighted by Gasteiger charge is -1.99. The maximum Gasteiger partial charge on any atom is 0.350 e. The van der Waals surface area contributed by atoms with Crippen molar-refractivity contribution in [3.8, 4) is 11.5 Å². The summed E-state index contributed by atoms with van der Waals surface area (Å²) in [6.45, 7) is 3.56. The number of aryl methyl sites for hydroxylation is 2. The molecular formula is C15H13N3O3S. The molecule has 6 nitrogen and oxygen atoms in total. The summed E-state index contributed by atoms with van der Waals surface area (Å²) >= 11 is 1.31. The van der Waals surface area contributed by atoms with Crippen molar-refractivity contribution in [2.24, 2.45) is 0 Å². The fraction of sp³-hybridized carbons (Fsp3) is 0.200. The predicted molar refractivity (Wildman–Crippen MR) is 80.4 cm³/mol. The number of carbonyl (C=O) groups is 1. The number of rotatable bonds is 4. The number of carbonyl (C=O) groups excluding carboxylic acids is 1. The van der Waals surface area contributed by atoms with Gasteiger partial charge in [-0.05, 0) is 26.0 Å². The zero-order valence-electron chi connectivity index (χ0n) is 12.1. The quantitative estimate of drug-likeness (QED) is 0.688. The smallest absolute Gasteiger partial charge is 0.350 e. The van der Waals surface area contributed by atoms with Crippen molar-refractivity contribution in [2.45, 2.75) is 20.5 Å². The second kappa shape index (κ2) is 6.07. The monoisotopic (exact) mass is 315 g/mol. The lowest BCUT2D eigenvalue weighted by Crippen LogP contribution is -2.05. The van der Waals surface area contributed by atoms with Crippen LogP contribution in [-0.2, 0) is 11.3 Å². The third-order valence-electron chi connectivity index (χ3n) is 2.90. The van der Waals surface area contributed by atoms with Crippen LogP contribution in [0.1, 0.15) is 26.3 Å². The van der Waals surface area contributed by atoms with Gasteiger partial charge in [-0.3, -0.25) is 0 Å². The Kier molecular flexibility index (Phi) is 3.97. The van der Waals surface area contributed by atoms with E-state index in [0.29, 0.717) is 16.5 Å². The molecule has 0 aliphatic heterocycles. The normalized spacial score (nSPS) is 10.6. The number of hydrogen-bond acceptors (Lipinski definition) is 7. The molecule has 112 valence electrons. The molecule has 0 amide bonds. The van der Waals surface area contributed by atoms with Crippen LogP contribution < -0.4 is 0 Å². The summed E-state index contributed by atoms with van der Waals surface area (Å²) in [5.74, 6) is 0.227. The second-order valence-corrected chi connectivity index (χ2v) is 5.79. The van der Waals surface area contributed by atoms with E-state index >= 15 is 0 Å². The van der Waals surface area contributed by atoms with Crippen LogP contribution in [0.15, 0.2) is 34.7 Å². The lowest BCUT2D eigenvalue weighted by atomic mass is 10.2. The number of thiazole rings is 1. The van der Waals surface area contributed by atoms with Gasteiger partial charge in [0.05, 0.1) is 10.7 Å². The van der Waals surface area contributed by atoms with E-state index in [0.717, 1.165) is 10.6 Å². The van der Waals surface area contributed by atoms with Crippen molar-refractivity contribution in [1.29, 1.82) is 0 Å². The third-order valence-corrected chi connectivity index (χ3v) is 3.96. The Balaban J connectivity index is 1.66. The topological polar surface area (TPSA) is 78.1 Å². The Labute approximate surface area is 130 Å². The first-order valence-corrected chi connectivity index (χ1v) is 7.44. The molecule has 1 aromatic carbocycles. The summed E-state index contributed by atoms with van der Waals surface area (Å²) < 4.78 is 10.7. The molecular weight excluding hydrogens is 302 g/mol. The molecule has 0 radical (unpaired) electrons. The van der Waals surface area contributed by atoms with Crippen molar-refractivity contribution in [3.63, 3.8) is 0 Å². The van der Waals surface area contributed by atoms with Crippen LogP contribution in [0.2, 0.25) is 0 Å². The highest BCUT2D eigenvalue weighted by atomic mass is 32.1. The van der Waals surface area contributed by atoms with Crippen molar-refractivity contribution < 1.29 is 13.9 Å². The molecule has 0 saturated carbocycles. The van der Waals surface area contributed by atoms with Crippen molar-refractivity contribution in [2.75, 3.05) is 0 Å². The first kappa shape index (κ1) is 14.4. The van der Waals surface area contributed by atoms with E-state index in [1.54, 1.807) is 6.92 Å². The van der Waals surface area contributed by atoms with E-state index in [2.05, 4.69) is 15.2 Å². The predicted octanol–water partition coefficient (Wildman–Crippen LogP) is 3.17. The Morgan fingerprint density at radius 1 is 1.23 bits per heavy atom. The molecule has 0 aliphatic carbocycles. The SMILES string of the molecule is Cc1nc(C)c(C(=O)OCc2nnc(-c3ccccc3)o2)s1. The number of aromatic nitrogens is 3. The van der Waals surface area contributed by atoms with E-state index in [9.17, 15) is 4.79 Å². The first-order valence-electron chi connectivity index (χ1n) is 6.62. The van der Waals surface area contributed by atoms with Crippen molar-refractivity contribution in [3.05, 3.63) is 51.8 Å². The van der Waals surface area contributed by atoms with Crippen molar-refractivity contribution >= 4 is 17.3 Å². The number of hydrogen-bond donors (Lipinski definition) is 0. The van der Waals surface area contributed by atoms with Gasteiger partial charge in [0, 0.05) is 5.56 Å².